The van der Waals surface area contributed by atoms with E-state index in [1.807, 2.05) is 0 Å². The molecular weight excluding hydrogens is 205 g/mol. The zero-order valence-electron chi connectivity index (χ0n) is 8.17. The third kappa shape index (κ3) is 2.39. The van der Waals surface area contributed by atoms with Gasteiger partial charge in [0.05, 0.1) is 5.57 Å². The first kappa shape index (κ1) is 11.8. The molecule has 82 valence electrons. The molecule has 1 atom stereocenters. The van der Waals surface area contributed by atoms with Crippen LogP contribution in [-0.2, 0) is 5.60 Å². The Bertz CT molecular complexity index is 352. The van der Waals surface area contributed by atoms with Gasteiger partial charge in [-0.05, 0) is 12.5 Å². The molecule has 1 unspecified atom stereocenters. The normalized spacial score (nSPS) is 15.8. The Morgan fingerprint density at radius 1 is 1.20 bits per heavy atom. The Labute approximate surface area is 85.9 Å². The van der Waals surface area contributed by atoms with E-state index < -0.39 is 17.4 Å². The SMILES string of the molecule is C=C(C(F)(F)F)C(C)(O)c1ccccc1. The first-order valence-corrected chi connectivity index (χ1v) is 4.30. The molecule has 1 nitrogen and oxygen atoms in total. The van der Waals surface area contributed by atoms with Gasteiger partial charge in [-0.15, -0.1) is 0 Å². The number of hydrogen-bond donors (Lipinski definition) is 1. The van der Waals surface area contributed by atoms with Gasteiger partial charge in [-0.3, -0.25) is 0 Å². The summed E-state index contributed by atoms with van der Waals surface area (Å²) in [4.78, 5) is 0. The van der Waals surface area contributed by atoms with Crippen LogP contribution in [0.1, 0.15) is 12.5 Å². The van der Waals surface area contributed by atoms with E-state index in [1.165, 1.54) is 12.1 Å². The zero-order chi connectivity index (χ0) is 11.7. The van der Waals surface area contributed by atoms with Gasteiger partial charge in [0.15, 0.2) is 0 Å². The number of hydrogen-bond acceptors (Lipinski definition) is 1. The van der Waals surface area contributed by atoms with Crippen LogP contribution in [0, 0.1) is 0 Å². The fraction of sp³-hybridized carbons (Fsp3) is 0.273. The van der Waals surface area contributed by atoms with E-state index in [9.17, 15) is 18.3 Å². The fourth-order valence-corrected chi connectivity index (χ4v) is 1.21. The smallest absolute Gasteiger partial charge is 0.381 e. The Balaban J connectivity index is 3.09. The molecule has 0 aliphatic heterocycles. The van der Waals surface area contributed by atoms with Gasteiger partial charge in [0.1, 0.15) is 5.60 Å². The first-order chi connectivity index (χ1) is 6.76. The van der Waals surface area contributed by atoms with E-state index >= 15 is 0 Å². The van der Waals surface area contributed by atoms with E-state index in [-0.39, 0.29) is 5.56 Å². The number of halogens is 3. The van der Waals surface area contributed by atoms with Crippen LogP contribution < -0.4 is 0 Å². The molecule has 0 heterocycles. The second-order valence-corrected chi connectivity index (χ2v) is 3.41. The van der Waals surface area contributed by atoms with Crippen molar-refractivity contribution >= 4 is 0 Å². The summed E-state index contributed by atoms with van der Waals surface area (Å²) in [6.07, 6.45) is -4.60. The lowest BCUT2D eigenvalue weighted by atomic mass is 9.88. The number of rotatable bonds is 2. The maximum absolute atomic E-state index is 12.4. The Morgan fingerprint density at radius 3 is 2.07 bits per heavy atom. The molecule has 1 aromatic rings. The third-order valence-electron chi connectivity index (χ3n) is 2.27. The van der Waals surface area contributed by atoms with Gasteiger partial charge in [0.2, 0.25) is 0 Å². The summed E-state index contributed by atoms with van der Waals surface area (Å²) in [6.45, 7) is 3.98. The monoisotopic (exact) mass is 216 g/mol. The molecule has 0 aliphatic rings. The van der Waals surface area contributed by atoms with Gasteiger partial charge in [-0.2, -0.15) is 13.2 Å². The van der Waals surface area contributed by atoms with Gasteiger partial charge in [-0.25, -0.2) is 0 Å². The lowest BCUT2D eigenvalue weighted by molar-refractivity contribution is -0.119. The average molecular weight is 216 g/mol. The minimum absolute atomic E-state index is 0.173. The van der Waals surface area contributed by atoms with Crippen molar-refractivity contribution in [2.45, 2.75) is 18.7 Å². The second kappa shape index (κ2) is 3.70. The van der Waals surface area contributed by atoms with Gasteiger partial charge < -0.3 is 5.11 Å². The molecule has 0 saturated carbocycles. The van der Waals surface area contributed by atoms with Crippen molar-refractivity contribution in [2.75, 3.05) is 0 Å². The van der Waals surface area contributed by atoms with Gasteiger partial charge >= 0.3 is 6.18 Å². The van der Waals surface area contributed by atoms with Gasteiger partial charge in [0.25, 0.3) is 0 Å². The molecule has 1 N–H and O–H groups in total. The number of benzene rings is 1. The van der Waals surface area contributed by atoms with E-state index in [4.69, 9.17) is 0 Å². The fourth-order valence-electron chi connectivity index (χ4n) is 1.21. The summed E-state index contributed by atoms with van der Waals surface area (Å²) >= 11 is 0. The van der Waals surface area contributed by atoms with Gasteiger partial charge in [-0.1, -0.05) is 36.9 Å². The van der Waals surface area contributed by atoms with E-state index in [0.29, 0.717) is 0 Å². The van der Waals surface area contributed by atoms with Gasteiger partial charge in [0, 0.05) is 0 Å². The average Bonchev–Trinajstić information content (AvgIpc) is 2.16. The van der Waals surface area contributed by atoms with Crippen molar-refractivity contribution in [1.82, 2.24) is 0 Å². The molecule has 4 heteroatoms. The quantitative estimate of drug-likeness (QED) is 0.753. The number of aliphatic hydroxyl groups is 1. The van der Waals surface area contributed by atoms with Crippen LogP contribution in [0.25, 0.3) is 0 Å². The van der Waals surface area contributed by atoms with Crippen LogP contribution in [0.5, 0.6) is 0 Å². The van der Waals surface area contributed by atoms with Crippen molar-refractivity contribution in [1.29, 1.82) is 0 Å². The van der Waals surface area contributed by atoms with Crippen LogP contribution in [0.3, 0.4) is 0 Å². The molecule has 15 heavy (non-hydrogen) atoms. The standard InChI is InChI=1S/C11H11F3O/c1-8(11(12,13)14)10(2,15)9-6-4-3-5-7-9/h3-7,15H,1H2,2H3. The highest BCUT2D eigenvalue weighted by Crippen LogP contribution is 2.38. The van der Waals surface area contributed by atoms with Crippen LogP contribution in [0.15, 0.2) is 42.5 Å². The Kier molecular flexibility index (Phi) is 2.90. The summed E-state index contributed by atoms with van der Waals surface area (Å²) < 4.78 is 37.1. The second-order valence-electron chi connectivity index (χ2n) is 3.41. The van der Waals surface area contributed by atoms with Crippen LogP contribution in [-0.4, -0.2) is 11.3 Å². The van der Waals surface area contributed by atoms with Crippen LogP contribution in [0.4, 0.5) is 13.2 Å². The van der Waals surface area contributed by atoms with E-state index in [0.717, 1.165) is 6.92 Å². The molecule has 0 fully saturated rings. The van der Waals surface area contributed by atoms with E-state index in [2.05, 4.69) is 6.58 Å². The first-order valence-electron chi connectivity index (χ1n) is 4.30. The lowest BCUT2D eigenvalue weighted by Crippen LogP contribution is -2.32. The molecule has 0 bridgehead atoms. The predicted molar refractivity (Wildman–Crippen MR) is 51.2 cm³/mol. The highest BCUT2D eigenvalue weighted by molar-refractivity contribution is 5.32. The Hall–Kier alpha value is -1.29. The summed E-state index contributed by atoms with van der Waals surface area (Å²) in [5, 5.41) is 9.77. The summed E-state index contributed by atoms with van der Waals surface area (Å²) in [6, 6.07) is 7.64. The molecular formula is C11H11F3O. The topological polar surface area (TPSA) is 20.2 Å². The molecule has 0 amide bonds. The van der Waals surface area contributed by atoms with Crippen LogP contribution >= 0.6 is 0 Å². The molecule has 0 aromatic heterocycles. The highest BCUT2D eigenvalue weighted by atomic mass is 19.4. The molecule has 0 saturated heterocycles. The molecule has 0 radical (unpaired) electrons. The minimum atomic E-state index is -4.60. The third-order valence-corrected chi connectivity index (χ3v) is 2.27. The summed E-state index contributed by atoms with van der Waals surface area (Å²) in [7, 11) is 0. The lowest BCUT2D eigenvalue weighted by Gasteiger charge is -2.27. The minimum Gasteiger partial charge on any atom is -0.381 e. The molecule has 1 rings (SSSR count). The van der Waals surface area contributed by atoms with Crippen LogP contribution in [0.2, 0.25) is 0 Å². The molecule has 1 aromatic carbocycles. The van der Waals surface area contributed by atoms with Crippen molar-refractivity contribution in [3.05, 3.63) is 48.0 Å². The molecule has 0 aliphatic carbocycles. The Morgan fingerprint density at radius 2 is 1.67 bits per heavy atom. The van der Waals surface area contributed by atoms with Crippen molar-refractivity contribution in [3.8, 4) is 0 Å². The van der Waals surface area contributed by atoms with E-state index in [1.54, 1.807) is 18.2 Å². The van der Waals surface area contributed by atoms with Crippen molar-refractivity contribution in [3.63, 3.8) is 0 Å². The highest BCUT2D eigenvalue weighted by Gasteiger charge is 2.43. The molecule has 0 spiro atoms. The zero-order valence-corrected chi connectivity index (χ0v) is 8.17. The summed E-state index contributed by atoms with van der Waals surface area (Å²) in [5.74, 6) is 0. The predicted octanol–water partition coefficient (Wildman–Crippen LogP) is 3.01. The maximum Gasteiger partial charge on any atom is 0.415 e. The number of alkyl halides is 3. The summed E-state index contributed by atoms with van der Waals surface area (Å²) in [5.41, 5.74) is -3.08. The largest absolute Gasteiger partial charge is 0.415 e. The van der Waals surface area contributed by atoms with Crippen molar-refractivity contribution < 1.29 is 18.3 Å². The maximum atomic E-state index is 12.4. The van der Waals surface area contributed by atoms with Crippen molar-refractivity contribution in [2.24, 2.45) is 0 Å².